The van der Waals surface area contributed by atoms with Crippen molar-refractivity contribution in [3.8, 4) is 0 Å². The quantitative estimate of drug-likeness (QED) is 0.396. The molecule has 0 saturated carbocycles. The van der Waals surface area contributed by atoms with Crippen LogP contribution in [0.2, 0.25) is 10.0 Å². The lowest BCUT2D eigenvalue weighted by molar-refractivity contribution is 0.102. The van der Waals surface area contributed by atoms with Gasteiger partial charge in [0.15, 0.2) is 11.5 Å². The summed E-state index contributed by atoms with van der Waals surface area (Å²) in [5.41, 5.74) is 2.12. The molecular formula is C21H15Cl2N3O4S. The third-order valence-electron chi connectivity index (χ3n) is 4.33. The standard InChI is InChI=1S/C21H15Cl2N3O4S/c1-12-24-18-11-16(7-9-19(18)30-12)25-21(27)13-2-8-17(23)20(10-13)31(28,29)26-15-5-3-14(22)4-6-15/h2-11,26H,1H3,(H,25,27). The summed E-state index contributed by atoms with van der Waals surface area (Å²) in [6.45, 7) is 1.73. The highest BCUT2D eigenvalue weighted by Crippen LogP contribution is 2.26. The van der Waals surface area contributed by atoms with Gasteiger partial charge in [-0.15, -0.1) is 0 Å². The maximum Gasteiger partial charge on any atom is 0.263 e. The minimum atomic E-state index is -4.04. The number of nitrogens with zero attached hydrogens (tertiary/aromatic N) is 1. The Kier molecular flexibility index (Phi) is 5.62. The molecule has 1 aromatic heterocycles. The highest BCUT2D eigenvalue weighted by atomic mass is 35.5. The zero-order chi connectivity index (χ0) is 22.2. The Balaban J connectivity index is 1.59. The molecule has 1 heterocycles. The summed E-state index contributed by atoms with van der Waals surface area (Å²) in [5.74, 6) is 0.0124. The van der Waals surface area contributed by atoms with Crippen molar-refractivity contribution >= 4 is 61.6 Å². The Morgan fingerprint density at radius 2 is 1.68 bits per heavy atom. The number of amides is 1. The molecule has 0 unspecified atom stereocenters. The maximum absolute atomic E-state index is 12.8. The predicted molar refractivity (Wildman–Crippen MR) is 120 cm³/mol. The van der Waals surface area contributed by atoms with E-state index in [1.165, 1.54) is 30.3 Å². The van der Waals surface area contributed by atoms with Crippen LogP contribution in [0.1, 0.15) is 16.2 Å². The van der Waals surface area contributed by atoms with Gasteiger partial charge in [0, 0.05) is 28.9 Å². The first-order valence-electron chi connectivity index (χ1n) is 8.98. The summed E-state index contributed by atoms with van der Waals surface area (Å²) < 4.78 is 33.5. The van der Waals surface area contributed by atoms with Crippen molar-refractivity contribution < 1.29 is 17.6 Å². The molecule has 2 N–H and O–H groups in total. The van der Waals surface area contributed by atoms with Crippen LogP contribution in [-0.2, 0) is 10.0 Å². The van der Waals surface area contributed by atoms with E-state index in [4.69, 9.17) is 27.6 Å². The van der Waals surface area contributed by atoms with Crippen LogP contribution < -0.4 is 10.0 Å². The minimum absolute atomic E-state index is 0.0162. The normalized spacial score (nSPS) is 11.5. The van der Waals surface area contributed by atoms with Crippen LogP contribution in [0.5, 0.6) is 0 Å². The summed E-state index contributed by atoms with van der Waals surface area (Å²) >= 11 is 11.9. The molecule has 0 atom stereocenters. The molecule has 31 heavy (non-hydrogen) atoms. The number of halogens is 2. The average Bonchev–Trinajstić information content (AvgIpc) is 3.09. The van der Waals surface area contributed by atoms with Gasteiger partial charge in [-0.2, -0.15) is 0 Å². The molecule has 158 valence electrons. The molecule has 0 aliphatic heterocycles. The number of oxazole rings is 1. The fourth-order valence-corrected chi connectivity index (χ4v) is 4.61. The number of aryl methyl sites for hydroxylation is 1. The third kappa shape index (κ3) is 4.66. The van der Waals surface area contributed by atoms with E-state index in [9.17, 15) is 13.2 Å². The van der Waals surface area contributed by atoms with Gasteiger partial charge in [-0.05, 0) is 60.7 Å². The van der Waals surface area contributed by atoms with Crippen molar-refractivity contribution in [2.75, 3.05) is 10.0 Å². The van der Waals surface area contributed by atoms with E-state index in [0.29, 0.717) is 33.4 Å². The third-order valence-corrected chi connectivity index (χ3v) is 6.45. The van der Waals surface area contributed by atoms with Crippen molar-refractivity contribution in [2.24, 2.45) is 0 Å². The largest absolute Gasteiger partial charge is 0.441 e. The van der Waals surface area contributed by atoms with Crippen LogP contribution >= 0.6 is 23.2 Å². The lowest BCUT2D eigenvalue weighted by Gasteiger charge is -2.11. The summed E-state index contributed by atoms with van der Waals surface area (Å²) in [5, 5.41) is 3.17. The van der Waals surface area contributed by atoms with E-state index in [1.54, 1.807) is 37.3 Å². The molecule has 0 fully saturated rings. The molecule has 0 radical (unpaired) electrons. The summed E-state index contributed by atoms with van der Waals surface area (Å²) in [7, 11) is -4.04. The number of anilines is 2. The first-order chi connectivity index (χ1) is 14.7. The molecule has 0 bridgehead atoms. The number of aromatic nitrogens is 1. The van der Waals surface area contributed by atoms with Crippen LogP contribution in [0.15, 0.2) is 70.0 Å². The number of hydrogen-bond donors (Lipinski definition) is 2. The molecule has 4 rings (SSSR count). The lowest BCUT2D eigenvalue weighted by atomic mass is 10.2. The molecule has 3 aromatic carbocycles. The lowest BCUT2D eigenvalue weighted by Crippen LogP contribution is -2.16. The van der Waals surface area contributed by atoms with Gasteiger partial charge in [-0.3, -0.25) is 9.52 Å². The van der Waals surface area contributed by atoms with Gasteiger partial charge in [-0.1, -0.05) is 23.2 Å². The molecule has 0 saturated heterocycles. The molecule has 0 aliphatic carbocycles. The zero-order valence-corrected chi connectivity index (χ0v) is 18.3. The van der Waals surface area contributed by atoms with Gasteiger partial charge >= 0.3 is 0 Å². The summed E-state index contributed by atoms with van der Waals surface area (Å²) in [4.78, 5) is 16.7. The summed E-state index contributed by atoms with van der Waals surface area (Å²) in [6, 6.07) is 15.2. The molecule has 7 nitrogen and oxygen atoms in total. The van der Waals surface area contributed by atoms with Crippen LogP contribution in [0.25, 0.3) is 11.1 Å². The topological polar surface area (TPSA) is 101 Å². The van der Waals surface area contributed by atoms with E-state index in [0.717, 1.165) is 0 Å². The number of carbonyl (C=O) groups is 1. The molecule has 10 heteroatoms. The predicted octanol–water partition coefficient (Wildman–Crippen LogP) is 5.50. The Labute approximate surface area is 188 Å². The van der Waals surface area contributed by atoms with Gasteiger partial charge in [0.2, 0.25) is 0 Å². The minimum Gasteiger partial charge on any atom is -0.441 e. The van der Waals surface area contributed by atoms with Crippen molar-refractivity contribution in [1.82, 2.24) is 4.98 Å². The molecule has 0 spiro atoms. The number of carbonyl (C=O) groups excluding carboxylic acids is 1. The second-order valence-electron chi connectivity index (χ2n) is 6.63. The van der Waals surface area contributed by atoms with Crippen molar-refractivity contribution in [3.63, 3.8) is 0 Å². The van der Waals surface area contributed by atoms with Gasteiger partial charge in [0.1, 0.15) is 10.4 Å². The molecular weight excluding hydrogens is 461 g/mol. The van der Waals surface area contributed by atoms with Crippen LogP contribution in [0, 0.1) is 6.92 Å². The van der Waals surface area contributed by atoms with Gasteiger partial charge in [0.25, 0.3) is 15.9 Å². The maximum atomic E-state index is 12.8. The second kappa shape index (κ2) is 8.22. The zero-order valence-electron chi connectivity index (χ0n) is 16.0. The van der Waals surface area contributed by atoms with Crippen molar-refractivity contribution in [1.29, 1.82) is 0 Å². The number of rotatable bonds is 5. The Morgan fingerprint density at radius 3 is 2.42 bits per heavy atom. The van der Waals surface area contributed by atoms with E-state index in [2.05, 4.69) is 15.0 Å². The fraction of sp³-hybridized carbons (Fsp3) is 0.0476. The Bertz CT molecular complexity index is 1400. The number of fused-ring (bicyclic) bond motifs is 1. The SMILES string of the molecule is Cc1nc2cc(NC(=O)c3ccc(Cl)c(S(=O)(=O)Nc4ccc(Cl)cc4)c3)ccc2o1. The van der Waals surface area contributed by atoms with Crippen molar-refractivity contribution in [2.45, 2.75) is 11.8 Å². The second-order valence-corrected chi connectivity index (χ2v) is 9.12. The van der Waals surface area contributed by atoms with Crippen molar-refractivity contribution in [3.05, 3.63) is 82.2 Å². The van der Waals surface area contributed by atoms with Crippen LogP contribution in [0.4, 0.5) is 11.4 Å². The Morgan fingerprint density at radius 1 is 0.968 bits per heavy atom. The van der Waals surface area contributed by atoms with Crippen LogP contribution in [-0.4, -0.2) is 19.3 Å². The van der Waals surface area contributed by atoms with E-state index in [1.807, 2.05) is 0 Å². The Hall–Kier alpha value is -3.07. The molecule has 1 amide bonds. The fourth-order valence-electron chi connectivity index (χ4n) is 2.90. The number of nitrogens with one attached hydrogen (secondary N) is 2. The highest BCUT2D eigenvalue weighted by Gasteiger charge is 2.21. The number of sulfonamides is 1. The molecule has 0 aliphatic rings. The number of benzene rings is 3. The summed E-state index contributed by atoms with van der Waals surface area (Å²) in [6.07, 6.45) is 0. The van der Waals surface area contributed by atoms with Crippen LogP contribution in [0.3, 0.4) is 0 Å². The van der Waals surface area contributed by atoms with E-state index in [-0.39, 0.29) is 15.5 Å². The monoisotopic (exact) mass is 475 g/mol. The molecule has 4 aromatic rings. The van der Waals surface area contributed by atoms with Gasteiger partial charge in [0.05, 0.1) is 5.02 Å². The first kappa shape index (κ1) is 21.2. The van der Waals surface area contributed by atoms with E-state index >= 15 is 0 Å². The highest BCUT2D eigenvalue weighted by molar-refractivity contribution is 7.92. The first-order valence-corrected chi connectivity index (χ1v) is 11.2. The van der Waals surface area contributed by atoms with Gasteiger partial charge < -0.3 is 9.73 Å². The average molecular weight is 476 g/mol. The van der Waals surface area contributed by atoms with Gasteiger partial charge in [-0.25, -0.2) is 13.4 Å². The smallest absolute Gasteiger partial charge is 0.263 e. The number of hydrogen-bond acceptors (Lipinski definition) is 5. The van der Waals surface area contributed by atoms with E-state index < -0.39 is 15.9 Å².